The van der Waals surface area contributed by atoms with Gasteiger partial charge < -0.3 is 18.1 Å². The molecule has 2 N–H and O–H groups in total. The quantitative estimate of drug-likeness (QED) is 0.538. The lowest BCUT2D eigenvalue weighted by atomic mass is 10.2. The van der Waals surface area contributed by atoms with Gasteiger partial charge in [0.15, 0.2) is 12.4 Å². The molecule has 25 heavy (non-hydrogen) atoms. The van der Waals surface area contributed by atoms with Gasteiger partial charge in [-0.25, -0.2) is 9.25 Å². The third-order valence-corrected chi connectivity index (χ3v) is 3.85. The number of hydrogen-bond acceptors (Lipinski definition) is 4. The molecule has 0 bridgehead atoms. The normalized spacial score (nSPS) is 10.8. The molecule has 0 aliphatic carbocycles. The van der Waals surface area contributed by atoms with E-state index in [4.69, 9.17) is 17.3 Å². The Bertz CT molecular complexity index is 904. The third kappa shape index (κ3) is 4.55. The number of benzene rings is 1. The van der Waals surface area contributed by atoms with Gasteiger partial charge >= 0.3 is 0 Å². The molecule has 0 amide bonds. The molecule has 0 atom stereocenters. The molecular weight excluding hydrogens is 359 g/mol. The molecular formula is C17H18Cl2N6. The maximum Gasteiger partial charge on any atom is 0.173 e. The van der Waals surface area contributed by atoms with E-state index in [1.165, 1.54) is 0 Å². The molecule has 3 aromatic rings. The summed E-state index contributed by atoms with van der Waals surface area (Å²) in [6.07, 6.45) is 5.62. The lowest BCUT2D eigenvalue weighted by Gasteiger charge is -2.03. The highest BCUT2D eigenvalue weighted by Gasteiger charge is 2.09. The first-order valence-corrected chi connectivity index (χ1v) is 7.84. The second kappa shape index (κ2) is 8.09. The van der Waals surface area contributed by atoms with E-state index in [9.17, 15) is 0 Å². The van der Waals surface area contributed by atoms with Crippen LogP contribution < -0.4 is 22.7 Å². The van der Waals surface area contributed by atoms with Gasteiger partial charge in [-0.1, -0.05) is 11.6 Å². The maximum absolute atomic E-state index is 6.13. The molecule has 0 saturated heterocycles. The Morgan fingerprint density at radius 1 is 1.24 bits per heavy atom. The Kier molecular flexibility index (Phi) is 6.12. The lowest BCUT2D eigenvalue weighted by molar-refractivity contribution is -0.671. The number of nitrogens with zero attached hydrogens (tertiary/aromatic N) is 5. The van der Waals surface area contributed by atoms with Crippen LogP contribution in [0.4, 0.5) is 17.2 Å². The second-order valence-corrected chi connectivity index (χ2v) is 6.02. The van der Waals surface area contributed by atoms with E-state index < -0.39 is 0 Å². The predicted octanol–water partition coefficient (Wildman–Crippen LogP) is 0.719. The van der Waals surface area contributed by atoms with Crippen molar-refractivity contribution in [3.8, 4) is 0 Å². The summed E-state index contributed by atoms with van der Waals surface area (Å²) >= 11 is 5.94. The average Bonchev–Trinajstić information content (AvgIpc) is 2.87. The zero-order valence-corrected chi connectivity index (χ0v) is 15.4. The van der Waals surface area contributed by atoms with Crippen LogP contribution in [0.2, 0.25) is 5.02 Å². The highest BCUT2D eigenvalue weighted by Crippen LogP contribution is 2.27. The summed E-state index contributed by atoms with van der Waals surface area (Å²) in [4.78, 5) is 0. The smallest absolute Gasteiger partial charge is 0.173 e. The molecule has 0 aliphatic rings. The number of nitrogens with two attached hydrogens (primary N) is 1. The van der Waals surface area contributed by atoms with Crippen molar-refractivity contribution in [2.75, 3.05) is 5.73 Å². The van der Waals surface area contributed by atoms with Crippen LogP contribution in [0.25, 0.3) is 0 Å². The number of aryl methyl sites for hydroxylation is 2. The van der Waals surface area contributed by atoms with Gasteiger partial charge in [-0.2, -0.15) is 10.2 Å². The third-order valence-electron chi connectivity index (χ3n) is 3.62. The second-order valence-electron chi connectivity index (χ2n) is 5.58. The maximum atomic E-state index is 6.13. The summed E-state index contributed by atoms with van der Waals surface area (Å²) < 4.78 is 3.69. The predicted molar refractivity (Wildman–Crippen MR) is 93.7 cm³/mol. The summed E-state index contributed by atoms with van der Waals surface area (Å²) in [7, 11) is 1.98. The number of halogens is 2. The minimum absolute atomic E-state index is 0. The number of pyridine rings is 1. The monoisotopic (exact) mass is 376 g/mol. The Morgan fingerprint density at radius 2 is 2.00 bits per heavy atom. The number of anilines is 1. The molecule has 6 nitrogen and oxygen atoms in total. The first-order chi connectivity index (χ1) is 11.5. The molecule has 2 heterocycles. The van der Waals surface area contributed by atoms with Gasteiger partial charge in [-0.15, -0.1) is 5.11 Å². The molecule has 0 unspecified atom stereocenters. The van der Waals surface area contributed by atoms with Gasteiger partial charge in [-0.05, 0) is 36.8 Å². The molecule has 1 aromatic carbocycles. The van der Waals surface area contributed by atoms with Crippen molar-refractivity contribution in [1.82, 2.24) is 9.78 Å². The highest BCUT2D eigenvalue weighted by molar-refractivity contribution is 6.30. The van der Waals surface area contributed by atoms with E-state index in [0.29, 0.717) is 23.1 Å². The number of aromatic nitrogens is 3. The van der Waals surface area contributed by atoms with Gasteiger partial charge in [0.25, 0.3) is 0 Å². The Hall–Kier alpha value is -2.44. The lowest BCUT2D eigenvalue weighted by Crippen LogP contribution is -3.00. The first kappa shape index (κ1) is 18.9. The minimum atomic E-state index is 0. The Labute approximate surface area is 157 Å². The number of nitrogen functional groups attached to an aromatic ring is 1. The van der Waals surface area contributed by atoms with Gasteiger partial charge in [0.05, 0.1) is 18.4 Å². The fraction of sp³-hybridized carbons (Fsp3) is 0.176. The SMILES string of the molecule is Cc1cc(Cl)ccc1N=Nc1cnn(Cc2ccc[n+](C)c2)c1N.[Cl-]. The zero-order chi connectivity index (χ0) is 17.1. The minimum Gasteiger partial charge on any atom is -1.00 e. The van der Waals surface area contributed by atoms with E-state index in [1.807, 2.05) is 55.2 Å². The van der Waals surface area contributed by atoms with Crippen LogP contribution in [0.3, 0.4) is 0 Å². The largest absolute Gasteiger partial charge is 1.00 e. The van der Waals surface area contributed by atoms with Crippen molar-refractivity contribution in [2.45, 2.75) is 13.5 Å². The van der Waals surface area contributed by atoms with Gasteiger partial charge in [0, 0.05) is 16.7 Å². The van der Waals surface area contributed by atoms with Crippen LogP contribution in [-0.4, -0.2) is 9.78 Å². The molecule has 8 heteroatoms. The molecule has 2 aromatic heterocycles. The first-order valence-electron chi connectivity index (χ1n) is 7.46. The molecule has 0 spiro atoms. The van der Waals surface area contributed by atoms with E-state index in [0.717, 1.165) is 16.8 Å². The van der Waals surface area contributed by atoms with Crippen molar-refractivity contribution < 1.29 is 17.0 Å². The van der Waals surface area contributed by atoms with E-state index >= 15 is 0 Å². The number of azo groups is 1. The summed E-state index contributed by atoms with van der Waals surface area (Å²) in [5.74, 6) is 0.483. The molecule has 130 valence electrons. The zero-order valence-electron chi connectivity index (χ0n) is 13.9. The van der Waals surface area contributed by atoms with Crippen LogP contribution in [0.15, 0.2) is 59.2 Å². The van der Waals surface area contributed by atoms with E-state index in [2.05, 4.69) is 15.3 Å². The van der Waals surface area contributed by atoms with Crippen molar-refractivity contribution in [2.24, 2.45) is 17.3 Å². The summed E-state index contributed by atoms with van der Waals surface area (Å²) in [5.41, 5.74) is 9.49. The number of rotatable bonds is 4. The van der Waals surface area contributed by atoms with Crippen molar-refractivity contribution in [1.29, 1.82) is 0 Å². The van der Waals surface area contributed by atoms with E-state index in [1.54, 1.807) is 16.9 Å². The van der Waals surface area contributed by atoms with Gasteiger partial charge in [-0.3, -0.25) is 0 Å². The van der Waals surface area contributed by atoms with Crippen molar-refractivity contribution in [3.05, 3.63) is 65.1 Å². The van der Waals surface area contributed by atoms with E-state index in [-0.39, 0.29) is 12.4 Å². The van der Waals surface area contributed by atoms with Gasteiger partial charge in [0.2, 0.25) is 0 Å². The van der Waals surface area contributed by atoms with Gasteiger partial charge in [0.1, 0.15) is 18.6 Å². The number of hydrogen-bond donors (Lipinski definition) is 1. The topological polar surface area (TPSA) is 72.4 Å². The Balaban J connectivity index is 0.00000225. The fourth-order valence-corrected chi connectivity index (χ4v) is 2.57. The highest BCUT2D eigenvalue weighted by atomic mass is 35.5. The molecule has 0 aliphatic heterocycles. The van der Waals surface area contributed by atoms with Crippen LogP contribution in [0.5, 0.6) is 0 Å². The standard InChI is InChI=1S/C17H18ClN6.ClH/c1-12-8-14(18)5-6-15(12)21-22-16-9-20-24(17(16)19)11-13-4-3-7-23(2)10-13;/h3-10H,11,19H2,1-2H3;1H/q+1;/p-1. The summed E-state index contributed by atoms with van der Waals surface area (Å²) in [6.45, 7) is 2.51. The molecule has 0 saturated carbocycles. The average molecular weight is 377 g/mol. The van der Waals surface area contributed by atoms with Crippen LogP contribution in [0, 0.1) is 6.92 Å². The molecule has 0 fully saturated rings. The van der Waals surface area contributed by atoms with Crippen molar-refractivity contribution >= 4 is 28.8 Å². The molecule has 0 radical (unpaired) electrons. The summed E-state index contributed by atoms with van der Waals surface area (Å²) in [5, 5.41) is 13.4. The summed E-state index contributed by atoms with van der Waals surface area (Å²) in [6, 6.07) is 9.47. The molecule has 3 rings (SSSR count). The van der Waals surface area contributed by atoms with Crippen LogP contribution >= 0.6 is 11.6 Å². The Morgan fingerprint density at radius 3 is 2.72 bits per heavy atom. The fourth-order valence-electron chi connectivity index (χ4n) is 2.34. The van der Waals surface area contributed by atoms with Crippen LogP contribution in [0.1, 0.15) is 11.1 Å². The van der Waals surface area contributed by atoms with Crippen molar-refractivity contribution in [3.63, 3.8) is 0 Å². The van der Waals surface area contributed by atoms with Crippen LogP contribution in [-0.2, 0) is 13.6 Å².